The first-order valence-corrected chi connectivity index (χ1v) is 11.2. The zero-order valence-corrected chi connectivity index (χ0v) is 18.5. The summed E-state index contributed by atoms with van der Waals surface area (Å²) >= 11 is 0. The summed E-state index contributed by atoms with van der Waals surface area (Å²) < 4.78 is 26.1. The van der Waals surface area contributed by atoms with Crippen LogP contribution in [0.2, 0.25) is 0 Å². The monoisotopic (exact) mass is 402 g/mol. The van der Waals surface area contributed by atoms with Gasteiger partial charge in [0.15, 0.2) is 0 Å². The summed E-state index contributed by atoms with van der Waals surface area (Å²) in [6.07, 6.45) is 1.12. The van der Waals surface area contributed by atoms with Gasteiger partial charge in [0.1, 0.15) is 6.04 Å². The van der Waals surface area contributed by atoms with E-state index in [0.29, 0.717) is 5.69 Å². The third kappa shape index (κ3) is 4.93. The van der Waals surface area contributed by atoms with Crippen LogP contribution in [0, 0.1) is 27.7 Å². The Morgan fingerprint density at radius 3 is 2.11 bits per heavy atom. The number of hydrogen-bond acceptors (Lipinski definition) is 3. The van der Waals surface area contributed by atoms with Gasteiger partial charge in [-0.3, -0.25) is 9.10 Å². The van der Waals surface area contributed by atoms with E-state index in [1.54, 1.807) is 19.1 Å². The van der Waals surface area contributed by atoms with E-state index in [0.717, 1.165) is 34.1 Å². The maximum absolute atomic E-state index is 12.9. The van der Waals surface area contributed by atoms with Gasteiger partial charge in [0.05, 0.1) is 18.0 Å². The SMILES string of the molecule is Cc1ccc([C@H](C)NC(=O)[C@H](C)N(c2ccc(C)c(C)c2)S(C)(=O)=O)c(C)c1. The van der Waals surface area contributed by atoms with Crippen LogP contribution < -0.4 is 9.62 Å². The van der Waals surface area contributed by atoms with Crippen molar-refractivity contribution in [2.75, 3.05) is 10.6 Å². The second-order valence-electron chi connectivity index (χ2n) is 7.59. The van der Waals surface area contributed by atoms with E-state index in [4.69, 9.17) is 0 Å². The Hall–Kier alpha value is -2.34. The van der Waals surface area contributed by atoms with Gasteiger partial charge in [-0.1, -0.05) is 29.8 Å². The number of rotatable bonds is 6. The van der Waals surface area contributed by atoms with Gasteiger partial charge in [0, 0.05) is 0 Å². The number of amides is 1. The second kappa shape index (κ2) is 8.35. The normalized spacial score (nSPS) is 13.7. The van der Waals surface area contributed by atoms with Crippen molar-refractivity contribution in [1.29, 1.82) is 0 Å². The van der Waals surface area contributed by atoms with Gasteiger partial charge in [-0.15, -0.1) is 0 Å². The summed E-state index contributed by atoms with van der Waals surface area (Å²) in [5, 5.41) is 2.96. The van der Waals surface area contributed by atoms with Crippen molar-refractivity contribution in [3.05, 3.63) is 64.2 Å². The first kappa shape index (κ1) is 22.0. The molecule has 2 atom stereocenters. The van der Waals surface area contributed by atoms with E-state index in [1.807, 2.05) is 52.8 Å². The topological polar surface area (TPSA) is 66.5 Å². The third-order valence-corrected chi connectivity index (χ3v) is 6.33. The van der Waals surface area contributed by atoms with Crippen molar-refractivity contribution in [2.24, 2.45) is 0 Å². The highest BCUT2D eigenvalue weighted by Gasteiger charge is 2.30. The van der Waals surface area contributed by atoms with Gasteiger partial charge >= 0.3 is 0 Å². The van der Waals surface area contributed by atoms with E-state index in [-0.39, 0.29) is 11.9 Å². The van der Waals surface area contributed by atoms with Crippen molar-refractivity contribution >= 4 is 21.6 Å². The van der Waals surface area contributed by atoms with E-state index in [9.17, 15) is 13.2 Å². The number of nitrogens with one attached hydrogen (secondary N) is 1. The lowest BCUT2D eigenvalue weighted by atomic mass is 10.00. The average molecular weight is 403 g/mol. The van der Waals surface area contributed by atoms with E-state index >= 15 is 0 Å². The lowest BCUT2D eigenvalue weighted by Crippen LogP contribution is -2.48. The van der Waals surface area contributed by atoms with Gasteiger partial charge < -0.3 is 5.32 Å². The lowest BCUT2D eigenvalue weighted by Gasteiger charge is -2.30. The molecule has 0 aliphatic rings. The number of sulfonamides is 1. The zero-order chi connectivity index (χ0) is 21.2. The number of aryl methyl sites for hydroxylation is 4. The Bertz CT molecular complexity index is 983. The fraction of sp³-hybridized carbons (Fsp3) is 0.409. The molecule has 2 aromatic carbocycles. The van der Waals surface area contributed by atoms with Crippen LogP contribution in [0.5, 0.6) is 0 Å². The maximum atomic E-state index is 12.9. The summed E-state index contributed by atoms with van der Waals surface area (Å²) in [5.41, 5.74) is 5.80. The molecule has 1 amide bonds. The van der Waals surface area contributed by atoms with E-state index < -0.39 is 16.1 Å². The number of benzene rings is 2. The minimum Gasteiger partial charge on any atom is -0.348 e. The highest BCUT2D eigenvalue weighted by atomic mass is 32.2. The molecule has 0 saturated heterocycles. The maximum Gasteiger partial charge on any atom is 0.244 e. The van der Waals surface area contributed by atoms with Crippen molar-refractivity contribution in [1.82, 2.24) is 5.32 Å². The molecule has 0 spiro atoms. The smallest absolute Gasteiger partial charge is 0.244 e. The standard InChI is InChI=1S/C22H30N2O3S/c1-14-8-11-21(17(4)12-14)18(5)23-22(25)19(6)24(28(7,26)27)20-10-9-15(2)16(3)13-20/h8-13,18-19H,1-7H3,(H,23,25)/t18-,19-/m0/s1. The predicted octanol–water partition coefficient (Wildman–Crippen LogP) is 3.95. The average Bonchev–Trinajstić information content (AvgIpc) is 2.56. The summed E-state index contributed by atoms with van der Waals surface area (Å²) in [6, 6.07) is 10.4. The van der Waals surface area contributed by atoms with Gasteiger partial charge in [-0.05, 0) is 75.9 Å². The van der Waals surface area contributed by atoms with Gasteiger partial charge in [-0.2, -0.15) is 0 Å². The van der Waals surface area contributed by atoms with Crippen LogP contribution in [-0.2, 0) is 14.8 Å². The van der Waals surface area contributed by atoms with Crippen molar-refractivity contribution < 1.29 is 13.2 Å². The molecule has 5 nitrogen and oxygen atoms in total. The number of anilines is 1. The molecule has 152 valence electrons. The highest BCUT2D eigenvalue weighted by Crippen LogP contribution is 2.25. The van der Waals surface area contributed by atoms with Crippen molar-refractivity contribution in [3.63, 3.8) is 0 Å². The molecule has 6 heteroatoms. The number of carbonyl (C=O) groups is 1. The molecule has 1 N–H and O–H groups in total. The summed E-state index contributed by atoms with van der Waals surface area (Å²) in [5.74, 6) is -0.337. The molecule has 0 bridgehead atoms. The molecule has 0 unspecified atom stereocenters. The molecule has 0 heterocycles. The van der Waals surface area contributed by atoms with Gasteiger partial charge in [-0.25, -0.2) is 8.42 Å². The fourth-order valence-electron chi connectivity index (χ4n) is 3.39. The van der Waals surface area contributed by atoms with E-state index in [2.05, 4.69) is 11.4 Å². The van der Waals surface area contributed by atoms with E-state index in [1.165, 1.54) is 4.31 Å². The first-order valence-electron chi connectivity index (χ1n) is 9.36. The van der Waals surface area contributed by atoms with Gasteiger partial charge in [0.2, 0.25) is 15.9 Å². The molecular formula is C22H30N2O3S. The molecule has 0 fully saturated rings. The Morgan fingerprint density at radius 2 is 1.57 bits per heavy atom. The van der Waals surface area contributed by atoms with Crippen molar-refractivity contribution in [3.8, 4) is 0 Å². The highest BCUT2D eigenvalue weighted by molar-refractivity contribution is 7.92. The summed E-state index contributed by atoms with van der Waals surface area (Å²) in [6.45, 7) is 11.4. The second-order valence-corrected chi connectivity index (χ2v) is 9.45. The molecule has 0 aliphatic carbocycles. The molecule has 0 saturated carbocycles. The first-order chi connectivity index (χ1) is 12.9. The van der Waals surface area contributed by atoms with Crippen molar-refractivity contribution in [2.45, 2.75) is 53.6 Å². The third-order valence-electron chi connectivity index (χ3n) is 5.08. The van der Waals surface area contributed by atoms with Gasteiger partial charge in [0.25, 0.3) is 0 Å². The molecule has 0 aliphatic heterocycles. The Morgan fingerprint density at radius 1 is 0.929 bits per heavy atom. The quantitative estimate of drug-likeness (QED) is 0.795. The lowest BCUT2D eigenvalue weighted by molar-refractivity contribution is -0.122. The Balaban J connectivity index is 2.29. The largest absolute Gasteiger partial charge is 0.348 e. The van der Waals surface area contributed by atoms with Crippen LogP contribution in [0.15, 0.2) is 36.4 Å². The van der Waals surface area contributed by atoms with Crippen LogP contribution in [0.1, 0.15) is 47.7 Å². The van der Waals surface area contributed by atoms with Crippen LogP contribution in [0.25, 0.3) is 0 Å². The summed E-state index contributed by atoms with van der Waals surface area (Å²) in [4.78, 5) is 12.9. The Labute approximate surface area is 168 Å². The molecule has 0 radical (unpaired) electrons. The molecule has 2 rings (SSSR count). The molecule has 2 aromatic rings. The van der Waals surface area contributed by atoms with Crippen LogP contribution >= 0.6 is 0 Å². The molecule has 28 heavy (non-hydrogen) atoms. The predicted molar refractivity (Wildman–Crippen MR) is 115 cm³/mol. The fourth-order valence-corrected chi connectivity index (χ4v) is 4.56. The molecule has 0 aromatic heterocycles. The minimum absolute atomic E-state index is 0.225. The Kier molecular flexibility index (Phi) is 6.55. The molecular weight excluding hydrogens is 372 g/mol. The van der Waals surface area contributed by atoms with Crippen LogP contribution in [0.3, 0.4) is 0 Å². The number of nitrogens with zero attached hydrogens (tertiary/aromatic N) is 1. The number of hydrogen-bond donors (Lipinski definition) is 1. The number of carbonyl (C=O) groups excluding carboxylic acids is 1. The summed E-state index contributed by atoms with van der Waals surface area (Å²) in [7, 11) is -3.63. The van der Waals surface area contributed by atoms with Crippen LogP contribution in [-0.4, -0.2) is 26.6 Å². The minimum atomic E-state index is -3.63. The zero-order valence-electron chi connectivity index (χ0n) is 17.7. The van der Waals surface area contributed by atoms with Crippen LogP contribution in [0.4, 0.5) is 5.69 Å².